The number of nitrogens with one attached hydrogen (secondary N) is 1. The normalized spacial score (nSPS) is 17.1. The van der Waals surface area contributed by atoms with Crippen molar-refractivity contribution >= 4 is 11.8 Å². The van der Waals surface area contributed by atoms with Crippen molar-refractivity contribution in [1.29, 1.82) is 0 Å². The van der Waals surface area contributed by atoms with Crippen LogP contribution in [0.1, 0.15) is 52.5 Å². The van der Waals surface area contributed by atoms with Crippen LogP contribution in [0.25, 0.3) is 0 Å². The number of methoxy groups -OCH3 is 2. The maximum absolute atomic E-state index is 12.7. The van der Waals surface area contributed by atoms with Crippen molar-refractivity contribution in [2.75, 3.05) is 66.7 Å². The number of nitrogens with two attached hydrogens (primary N) is 1. The van der Waals surface area contributed by atoms with Gasteiger partial charge in [-0.2, -0.15) is 0 Å². The van der Waals surface area contributed by atoms with Crippen molar-refractivity contribution in [2.45, 2.75) is 65.5 Å². The zero-order chi connectivity index (χ0) is 30.4. The fourth-order valence-electron chi connectivity index (χ4n) is 5.19. The standard InChI is InChI=1S/C31H54N4O6/c1-22(2)26(19-25-8-9-29(40-6)30(20-25)41-17-7-16-39-5)21-27(32)28(37)18-23(3)31(38)33-10-11-34-12-14-35(15-13-34)24(4)36/h8-9,20,22-23,26-28,37H,7,10-19,21,32H2,1-6H3,(H,33,38)/t23-,26+,27+,28+/m1/s1. The van der Waals surface area contributed by atoms with E-state index in [1.807, 2.05) is 30.0 Å². The molecule has 10 nitrogen and oxygen atoms in total. The van der Waals surface area contributed by atoms with Crippen molar-refractivity contribution in [1.82, 2.24) is 15.1 Å². The van der Waals surface area contributed by atoms with Gasteiger partial charge < -0.3 is 35.3 Å². The molecule has 1 fully saturated rings. The highest BCUT2D eigenvalue weighted by Crippen LogP contribution is 2.31. The second-order valence-corrected chi connectivity index (χ2v) is 11.6. The van der Waals surface area contributed by atoms with Gasteiger partial charge in [0.25, 0.3) is 0 Å². The molecule has 1 heterocycles. The third-order valence-corrected chi connectivity index (χ3v) is 8.08. The Hall–Kier alpha value is -2.40. The molecule has 0 aromatic heterocycles. The molecule has 10 heteroatoms. The number of hydrogen-bond acceptors (Lipinski definition) is 8. The summed E-state index contributed by atoms with van der Waals surface area (Å²) in [6.45, 7) is 13.3. The van der Waals surface area contributed by atoms with E-state index in [0.717, 1.165) is 51.1 Å². The number of amides is 2. The zero-order valence-electron chi connectivity index (χ0n) is 26.1. The van der Waals surface area contributed by atoms with Crippen molar-refractivity contribution < 1.29 is 28.9 Å². The molecule has 1 aliphatic heterocycles. The van der Waals surface area contributed by atoms with Gasteiger partial charge in [-0.1, -0.05) is 26.8 Å². The van der Waals surface area contributed by atoms with Crippen LogP contribution in [0.3, 0.4) is 0 Å². The fraction of sp³-hybridized carbons (Fsp3) is 0.742. The first-order chi connectivity index (χ1) is 19.5. The maximum Gasteiger partial charge on any atom is 0.222 e. The van der Waals surface area contributed by atoms with Gasteiger partial charge in [0.1, 0.15) is 0 Å². The molecular weight excluding hydrogens is 524 g/mol. The third kappa shape index (κ3) is 12.2. The van der Waals surface area contributed by atoms with E-state index in [1.165, 1.54) is 0 Å². The Balaban J connectivity index is 1.82. The number of hydrogen-bond donors (Lipinski definition) is 3. The topological polar surface area (TPSA) is 127 Å². The number of aliphatic hydroxyl groups is 1. The minimum absolute atomic E-state index is 0.0738. The van der Waals surface area contributed by atoms with Gasteiger partial charge in [-0.3, -0.25) is 14.5 Å². The van der Waals surface area contributed by atoms with E-state index >= 15 is 0 Å². The van der Waals surface area contributed by atoms with Crippen LogP contribution in [0, 0.1) is 17.8 Å². The van der Waals surface area contributed by atoms with Crippen LogP contribution < -0.4 is 20.5 Å². The van der Waals surface area contributed by atoms with Crippen molar-refractivity contribution in [3.8, 4) is 11.5 Å². The van der Waals surface area contributed by atoms with Crippen LogP contribution in [0.2, 0.25) is 0 Å². The first kappa shape index (κ1) is 34.8. The van der Waals surface area contributed by atoms with Crippen LogP contribution in [0.4, 0.5) is 0 Å². The zero-order valence-corrected chi connectivity index (χ0v) is 26.1. The van der Waals surface area contributed by atoms with Gasteiger partial charge in [0.05, 0.1) is 19.8 Å². The Bertz CT molecular complexity index is 922. The summed E-state index contributed by atoms with van der Waals surface area (Å²) in [4.78, 5) is 28.3. The minimum atomic E-state index is -0.771. The summed E-state index contributed by atoms with van der Waals surface area (Å²) in [5, 5.41) is 13.9. The summed E-state index contributed by atoms with van der Waals surface area (Å²) in [6, 6.07) is 5.57. The lowest BCUT2D eigenvalue weighted by molar-refractivity contribution is -0.130. The van der Waals surface area contributed by atoms with Gasteiger partial charge in [-0.05, 0) is 48.8 Å². The Labute approximate surface area is 246 Å². The number of benzene rings is 1. The van der Waals surface area contributed by atoms with E-state index in [9.17, 15) is 14.7 Å². The Morgan fingerprint density at radius 2 is 1.76 bits per heavy atom. The minimum Gasteiger partial charge on any atom is -0.493 e. The number of aliphatic hydroxyl groups excluding tert-OH is 1. The molecule has 0 spiro atoms. The van der Waals surface area contributed by atoms with E-state index in [2.05, 4.69) is 24.1 Å². The summed E-state index contributed by atoms with van der Waals surface area (Å²) >= 11 is 0. The van der Waals surface area contributed by atoms with Crippen molar-refractivity contribution in [3.05, 3.63) is 23.8 Å². The van der Waals surface area contributed by atoms with Crippen LogP contribution in [0.15, 0.2) is 18.2 Å². The molecule has 0 aliphatic carbocycles. The molecule has 234 valence electrons. The highest BCUT2D eigenvalue weighted by Gasteiger charge is 2.26. The first-order valence-corrected chi connectivity index (χ1v) is 15.0. The third-order valence-electron chi connectivity index (χ3n) is 8.08. The smallest absolute Gasteiger partial charge is 0.222 e. The molecular formula is C31H54N4O6. The van der Waals surface area contributed by atoms with E-state index in [-0.39, 0.29) is 23.7 Å². The lowest BCUT2D eigenvalue weighted by atomic mass is 9.82. The molecule has 0 radical (unpaired) electrons. The molecule has 1 aliphatic rings. The number of nitrogens with zero attached hydrogens (tertiary/aromatic N) is 2. The summed E-state index contributed by atoms with van der Waals surface area (Å²) in [5.74, 6) is 1.71. The van der Waals surface area contributed by atoms with E-state index in [0.29, 0.717) is 50.0 Å². The van der Waals surface area contributed by atoms with Crippen LogP contribution >= 0.6 is 0 Å². The van der Waals surface area contributed by atoms with E-state index in [4.69, 9.17) is 19.9 Å². The number of ether oxygens (including phenoxy) is 3. The number of piperazine rings is 1. The number of carbonyl (C=O) groups is 2. The second kappa shape index (κ2) is 18.2. The lowest BCUT2D eigenvalue weighted by Gasteiger charge is -2.34. The molecule has 41 heavy (non-hydrogen) atoms. The Kier molecular flexibility index (Phi) is 15.5. The molecule has 1 aromatic rings. The molecule has 1 saturated heterocycles. The van der Waals surface area contributed by atoms with Gasteiger partial charge in [0.15, 0.2) is 11.5 Å². The summed E-state index contributed by atoms with van der Waals surface area (Å²) < 4.78 is 16.5. The monoisotopic (exact) mass is 578 g/mol. The Morgan fingerprint density at radius 3 is 2.37 bits per heavy atom. The van der Waals surface area contributed by atoms with Gasteiger partial charge in [-0.15, -0.1) is 0 Å². The van der Waals surface area contributed by atoms with Crippen LogP contribution in [-0.2, 0) is 20.7 Å². The molecule has 4 N–H and O–H groups in total. The molecule has 1 aromatic carbocycles. The average molecular weight is 579 g/mol. The predicted octanol–water partition coefficient (Wildman–Crippen LogP) is 2.31. The number of carbonyl (C=O) groups excluding carboxylic acids is 2. The highest BCUT2D eigenvalue weighted by molar-refractivity contribution is 5.78. The molecule has 2 amide bonds. The molecule has 0 unspecified atom stereocenters. The lowest BCUT2D eigenvalue weighted by Crippen LogP contribution is -2.50. The second-order valence-electron chi connectivity index (χ2n) is 11.6. The summed E-state index contributed by atoms with van der Waals surface area (Å²) in [6.07, 6.45) is 1.79. The first-order valence-electron chi connectivity index (χ1n) is 15.0. The molecule has 0 saturated carbocycles. The SMILES string of the molecule is COCCCOc1cc(C[C@@H](C[C@H](N)[C@@H](O)C[C@@H](C)C(=O)NCCN2CCN(C(C)=O)CC2)C(C)C)ccc1OC. The molecule has 4 atom stereocenters. The fourth-order valence-corrected chi connectivity index (χ4v) is 5.19. The Morgan fingerprint density at radius 1 is 1.05 bits per heavy atom. The largest absolute Gasteiger partial charge is 0.493 e. The van der Waals surface area contributed by atoms with Crippen molar-refractivity contribution in [3.63, 3.8) is 0 Å². The van der Waals surface area contributed by atoms with Gasteiger partial charge >= 0.3 is 0 Å². The number of rotatable bonds is 18. The maximum atomic E-state index is 12.7. The summed E-state index contributed by atoms with van der Waals surface area (Å²) in [7, 11) is 3.31. The quantitative estimate of drug-likeness (QED) is 0.227. The predicted molar refractivity (Wildman–Crippen MR) is 161 cm³/mol. The van der Waals surface area contributed by atoms with E-state index < -0.39 is 12.1 Å². The van der Waals surface area contributed by atoms with Gasteiger partial charge in [-0.25, -0.2) is 0 Å². The molecule has 2 rings (SSSR count). The van der Waals surface area contributed by atoms with Crippen LogP contribution in [0.5, 0.6) is 11.5 Å². The van der Waals surface area contributed by atoms with Crippen LogP contribution in [-0.4, -0.2) is 106 Å². The van der Waals surface area contributed by atoms with Gasteiger partial charge in [0.2, 0.25) is 11.8 Å². The van der Waals surface area contributed by atoms with Crippen molar-refractivity contribution in [2.24, 2.45) is 23.5 Å². The van der Waals surface area contributed by atoms with Gasteiger partial charge in [0, 0.05) is 78.3 Å². The highest BCUT2D eigenvalue weighted by atomic mass is 16.5. The summed E-state index contributed by atoms with van der Waals surface area (Å²) in [5.41, 5.74) is 7.61. The molecule has 0 bridgehead atoms. The van der Waals surface area contributed by atoms with E-state index in [1.54, 1.807) is 21.1 Å². The average Bonchev–Trinajstić information content (AvgIpc) is 2.95.